The number of primary amides is 1. The first kappa shape index (κ1) is 48.8. The van der Waals surface area contributed by atoms with Crippen molar-refractivity contribution in [3.05, 3.63) is 29.8 Å². The molecule has 0 heterocycles. The number of rotatable bonds is 30. The van der Waals surface area contributed by atoms with Crippen molar-refractivity contribution in [3.63, 3.8) is 0 Å². The van der Waals surface area contributed by atoms with Gasteiger partial charge in [-0.2, -0.15) is 0 Å². The van der Waals surface area contributed by atoms with Crippen LogP contribution in [0, 0.1) is 17.8 Å². The number of amides is 6. The van der Waals surface area contributed by atoms with Crippen molar-refractivity contribution >= 4 is 35.3 Å². The van der Waals surface area contributed by atoms with Gasteiger partial charge in [-0.05, 0) is 62.1 Å². The summed E-state index contributed by atoms with van der Waals surface area (Å²) in [5.74, 6) is 4.41. The first-order chi connectivity index (χ1) is 27.6. The summed E-state index contributed by atoms with van der Waals surface area (Å²) >= 11 is 0. The SMILES string of the molecule is CC(C)[C@H](NC(=O)CCCOCCOCCOCCOCCNC(=O)COC1C#CCCCCC1)C(=O)N[C@@H](CCCNC(N)=O)C(=O)Nc1ccc(CO)cc1. The first-order valence-electron chi connectivity index (χ1n) is 19.9. The fraction of sp³-hybridized carbons (Fsp3) is 0.675. The average Bonchev–Trinajstić information content (AvgIpc) is 3.17. The van der Waals surface area contributed by atoms with Gasteiger partial charge in [-0.3, -0.25) is 19.2 Å². The van der Waals surface area contributed by atoms with Crippen molar-refractivity contribution in [2.24, 2.45) is 11.7 Å². The fourth-order valence-electron chi connectivity index (χ4n) is 5.44. The number of hydrogen-bond acceptors (Lipinski definition) is 11. The van der Waals surface area contributed by atoms with Gasteiger partial charge in [0.15, 0.2) is 0 Å². The summed E-state index contributed by atoms with van der Waals surface area (Å²) in [4.78, 5) is 62.3. The van der Waals surface area contributed by atoms with Gasteiger partial charge in [0.25, 0.3) is 0 Å². The zero-order chi connectivity index (χ0) is 41.5. The van der Waals surface area contributed by atoms with Crippen LogP contribution in [-0.2, 0) is 49.5 Å². The quantitative estimate of drug-likeness (QED) is 0.0435. The topological polar surface area (TPSA) is 238 Å². The van der Waals surface area contributed by atoms with E-state index in [1.807, 2.05) is 0 Å². The molecule has 1 aromatic rings. The predicted octanol–water partition coefficient (Wildman–Crippen LogP) is 1.51. The third-order valence-electron chi connectivity index (χ3n) is 8.60. The Morgan fingerprint density at radius 3 is 2.11 bits per heavy atom. The van der Waals surface area contributed by atoms with Gasteiger partial charge in [-0.25, -0.2) is 4.79 Å². The van der Waals surface area contributed by atoms with Crippen molar-refractivity contribution in [1.82, 2.24) is 21.3 Å². The molecule has 1 aromatic carbocycles. The normalized spacial score (nSPS) is 14.9. The molecule has 0 aliphatic heterocycles. The Morgan fingerprint density at radius 2 is 1.46 bits per heavy atom. The molecule has 0 spiro atoms. The van der Waals surface area contributed by atoms with Gasteiger partial charge in [-0.1, -0.05) is 38.3 Å². The number of aliphatic hydroxyl groups excluding tert-OH is 1. The minimum absolute atomic E-state index is 0.00863. The molecule has 0 fully saturated rings. The molecule has 3 atom stereocenters. The van der Waals surface area contributed by atoms with Crippen molar-refractivity contribution in [1.29, 1.82) is 0 Å². The number of nitrogens with one attached hydrogen (secondary N) is 5. The van der Waals surface area contributed by atoms with Crippen LogP contribution in [0.4, 0.5) is 10.5 Å². The molecular weight excluding hydrogens is 740 g/mol. The van der Waals surface area contributed by atoms with E-state index < -0.39 is 29.9 Å². The molecular formula is C40H64N6O11. The molecule has 6 amide bonds. The maximum absolute atomic E-state index is 13.3. The lowest BCUT2D eigenvalue weighted by Gasteiger charge is -2.25. The second-order valence-electron chi connectivity index (χ2n) is 13.8. The van der Waals surface area contributed by atoms with Crippen LogP contribution in [0.15, 0.2) is 24.3 Å². The number of hydrogen-bond donors (Lipinski definition) is 7. The van der Waals surface area contributed by atoms with E-state index in [4.69, 9.17) is 29.4 Å². The number of benzene rings is 1. The fourth-order valence-corrected chi connectivity index (χ4v) is 5.44. The van der Waals surface area contributed by atoms with Crippen molar-refractivity contribution in [3.8, 4) is 11.8 Å². The van der Waals surface area contributed by atoms with Gasteiger partial charge in [0.2, 0.25) is 23.6 Å². The highest BCUT2D eigenvalue weighted by Crippen LogP contribution is 2.13. The van der Waals surface area contributed by atoms with E-state index in [2.05, 4.69) is 38.4 Å². The Labute approximate surface area is 336 Å². The Kier molecular flexibility index (Phi) is 26.4. The van der Waals surface area contributed by atoms with Crippen LogP contribution < -0.4 is 32.3 Å². The van der Waals surface area contributed by atoms with E-state index in [1.54, 1.807) is 38.1 Å². The maximum Gasteiger partial charge on any atom is 0.312 e. The number of urea groups is 1. The number of carbonyl (C=O) groups excluding carboxylic acids is 5. The Balaban J connectivity index is 1.53. The van der Waals surface area contributed by atoms with Crippen molar-refractivity contribution in [2.45, 2.75) is 96.4 Å². The second kappa shape index (κ2) is 30.8. The number of nitrogens with two attached hydrogens (primary N) is 1. The highest BCUT2D eigenvalue weighted by Gasteiger charge is 2.28. The van der Waals surface area contributed by atoms with Crippen LogP contribution in [0.5, 0.6) is 0 Å². The van der Waals surface area contributed by atoms with E-state index in [1.165, 1.54) is 0 Å². The van der Waals surface area contributed by atoms with E-state index in [0.717, 1.165) is 32.1 Å². The summed E-state index contributed by atoms with van der Waals surface area (Å²) in [7, 11) is 0. The molecule has 17 heteroatoms. The summed E-state index contributed by atoms with van der Waals surface area (Å²) in [6.45, 7) is 6.99. The average molecular weight is 805 g/mol. The van der Waals surface area contributed by atoms with Crippen LogP contribution in [-0.4, -0.2) is 126 Å². The molecule has 1 aliphatic rings. The minimum atomic E-state index is -0.959. The van der Waals surface area contributed by atoms with Crippen LogP contribution in [0.3, 0.4) is 0 Å². The second-order valence-corrected chi connectivity index (χ2v) is 13.8. The highest BCUT2D eigenvalue weighted by atomic mass is 16.6. The minimum Gasteiger partial charge on any atom is -0.392 e. The molecule has 0 bridgehead atoms. The monoisotopic (exact) mass is 804 g/mol. The molecule has 0 saturated heterocycles. The van der Waals surface area contributed by atoms with Gasteiger partial charge in [0.05, 0.1) is 52.9 Å². The Hall–Kier alpha value is -4.31. The molecule has 8 N–H and O–H groups in total. The molecule has 320 valence electrons. The standard InChI is InChI=1S/C40H64N6O11/c1-30(2)37(39(51)45-34(12-8-18-43-40(41)52)38(50)44-32-16-14-31(28-47)15-17-32)46-35(48)13-9-20-53-22-24-55-26-27-56-25-23-54-21-19-42-36(49)29-57-33-10-6-4-3-5-7-11-33/h14-17,30,33-34,37,47H,3-6,8-10,12-13,18-29H2,1-2H3,(H,42,49)(H,44,50)(H,45,51)(H,46,48)(H3,41,43,52)/t33?,34-,37-/m0/s1. The third kappa shape index (κ3) is 24.2. The number of anilines is 1. The molecule has 1 unspecified atom stereocenters. The summed E-state index contributed by atoms with van der Waals surface area (Å²) in [6.07, 6.45) is 6.03. The van der Waals surface area contributed by atoms with Crippen LogP contribution in [0.25, 0.3) is 0 Å². The van der Waals surface area contributed by atoms with E-state index >= 15 is 0 Å². The molecule has 1 aliphatic carbocycles. The zero-order valence-corrected chi connectivity index (χ0v) is 33.6. The lowest BCUT2D eigenvalue weighted by molar-refractivity contribution is -0.132. The van der Waals surface area contributed by atoms with Crippen molar-refractivity contribution in [2.75, 3.05) is 77.9 Å². The molecule has 0 radical (unpaired) electrons. The predicted molar refractivity (Wildman–Crippen MR) is 213 cm³/mol. The highest BCUT2D eigenvalue weighted by molar-refractivity contribution is 5.98. The molecule has 17 nitrogen and oxygen atoms in total. The number of ether oxygens (including phenoxy) is 5. The summed E-state index contributed by atoms with van der Waals surface area (Å²) in [6, 6.07) is 4.07. The van der Waals surface area contributed by atoms with Crippen LogP contribution >= 0.6 is 0 Å². The van der Waals surface area contributed by atoms with E-state index in [0.29, 0.717) is 83.5 Å². The summed E-state index contributed by atoms with van der Waals surface area (Å²) in [5.41, 5.74) is 6.30. The lowest BCUT2D eigenvalue weighted by atomic mass is 10.0. The summed E-state index contributed by atoms with van der Waals surface area (Å²) in [5, 5.41) is 22.8. The largest absolute Gasteiger partial charge is 0.392 e. The van der Waals surface area contributed by atoms with Gasteiger partial charge in [0, 0.05) is 38.2 Å². The van der Waals surface area contributed by atoms with Crippen molar-refractivity contribution < 1.29 is 52.8 Å². The molecule has 2 rings (SSSR count). The van der Waals surface area contributed by atoms with Gasteiger partial charge in [-0.15, -0.1) is 5.92 Å². The van der Waals surface area contributed by atoms with E-state index in [9.17, 15) is 29.1 Å². The maximum atomic E-state index is 13.3. The number of carbonyl (C=O) groups is 5. The van der Waals surface area contributed by atoms with Crippen LogP contribution in [0.2, 0.25) is 0 Å². The van der Waals surface area contributed by atoms with Gasteiger partial charge in [0.1, 0.15) is 24.8 Å². The third-order valence-corrected chi connectivity index (χ3v) is 8.60. The Bertz CT molecular complexity index is 1390. The van der Waals surface area contributed by atoms with Crippen LogP contribution in [0.1, 0.15) is 77.2 Å². The zero-order valence-electron chi connectivity index (χ0n) is 33.6. The lowest BCUT2D eigenvalue weighted by Crippen LogP contribution is -2.54. The molecule has 0 aromatic heterocycles. The molecule has 57 heavy (non-hydrogen) atoms. The first-order valence-corrected chi connectivity index (χ1v) is 19.9. The van der Waals surface area contributed by atoms with E-state index in [-0.39, 0.29) is 56.4 Å². The van der Waals surface area contributed by atoms with Gasteiger partial charge < -0.3 is 61.1 Å². The summed E-state index contributed by atoms with van der Waals surface area (Å²) < 4.78 is 27.7. The van der Waals surface area contributed by atoms with Gasteiger partial charge >= 0.3 is 6.03 Å². The molecule has 0 saturated carbocycles. The smallest absolute Gasteiger partial charge is 0.312 e. The number of aliphatic hydroxyl groups is 1. The Morgan fingerprint density at radius 1 is 0.789 bits per heavy atom.